The Hall–Kier alpha value is -0.330. The van der Waals surface area contributed by atoms with Crippen molar-refractivity contribution in [2.75, 3.05) is 32.6 Å². The molecule has 1 unspecified atom stereocenters. The second-order valence-corrected chi connectivity index (χ2v) is 6.81. The van der Waals surface area contributed by atoms with Crippen LogP contribution in [0.2, 0.25) is 0 Å². The molecule has 0 spiro atoms. The van der Waals surface area contributed by atoms with Crippen molar-refractivity contribution < 1.29 is 9.53 Å². The van der Waals surface area contributed by atoms with E-state index in [9.17, 15) is 4.79 Å². The lowest BCUT2D eigenvalue weighted by Crippen LogP contribution is -2.46. The predicted molar refractivity (Wildman–Crippen MR) is 80.0 cm³/mol. The molecule has 0 radical (unpaired) electrons. The van der Waals surface area contributed by atoms with Gasteiger partial charge in [0.2, 0.25) is 5.91 Å². The molecule has 1 saturated heterocycles. The summed E-state index contributed by atoms with van der Waals surface area (Å²) in [7, 11) is 1.64. The summed E-state index contributed by atoms with van der Waals surface area (Å²) in [5.41, 5.74) is 5.51. The molecule has 0 bridgehead atoms. The van der Waals surface area contributed by atoms with Crippen LogP contribution in [0.1, 0.15) is 26.2 Å². The quantitative estimate of drug-likeness (QED) is 0.719. The molecule has 0 aromatic carbocycles. The Morgan fingerprint density at radius 3 is 2.78 bits per heavy atom. The molecule has 1 atom stereocenters. The number of methoxy groups -OCH3 is 1. The summed E-state index contributed by atoms with van der Waals surface area (Å²) in [5.74, 6) is 1.26. The first-order chi connectivity index (χ1) is 8.49. The smallest absolute Gasteiger partial charge is 0.238 e. The highest BCUT2D eigenvalue weighted by atomic mass is 32.2. The standard InChI is InChI=1S/C12H22N2O2S2/c1-12(5-3-9-18-12)11(15)14(7-8-16-2)6-4-10(13)17/h3-9H2,1-2H3,(H2,13,17). The van der Waals surface area contributed by atoms with Crippen LogP contribution in [0.3, 0.4) is 0 Å². The topological polar surface area (TPSA) is 55.6 Å². The third-order valence-electron chi connectivity index (χ3n) is 3.15. The van der Waals surface area contributed by atoms with Crippen molar-refractivity contribution >= 4 is 34.9 Å². The van der Waals surface area contributed by atoms with Crippen LogP contribution in [0, 0.1) is 0 Å². The maximum Gasteiger partial charge on any atom is 0.238 e. The lowest BCUT2D eigenvalue weighted by atomic mass is 10.0. The number of hydrogen-bond acceptors (Lipinski definition) is 4. The van der Waals surface area contributed by atoms with Gasteiger partial charge in [-0.2, -0.15) is 0 Å². The van der Waals surface area contributed by atoms with E-state index in [1.54, 1.807) is 18.9 Å². The number of amides is 1. The number of rotatable bonds is 7. The van der Waals surface area contributed by atoms with E-state index in [0.717, 1.165) is 18.6 Å². The van der Waals surface area contributed by atoms with Gasteiger partial charge in [-0.15, -0.1) is 11.8 Å². The number of thioether (sulfide) groups is 1. The zero-order chi connectivity index (χ0) is 13.6. The Morgan fingerprint density at radius 2 is 2.28 bits per heavy atom. The van der Waals surface area contributed by atoms with Crippen molar-refractivity contribution in [3.05, 3.63) is 0 Å². The van der Waals surface area contributed by atoms with Crippen LogP contribution in [0.5, 0.6) is 0 Å². The van der Waals surface area contributed by atoms with Crippen molar-refractivity contribution in [2.24, 2.45) is 5.73 Å². The average molecular weight is 290 g/mol. The minimum atomic E-state index is -0.274. The molecule has 0 aliphatic carbocycles. The Bertz CT molecular complexity index is 304. The summed E-state index contributed by atoms with van der Waals surface area (Å²) in [6, 6.07) is 0. The molecule has 0 saturated carbocycles. The van der Waals surface area contributed by atoms with E-state index >= 15 is 0 Å². The Kier molecular flexibility index (Phi) is 6.38. The molecule has 1 heterocycles. The highest BCUT2D eigenvalue weighted by Gasteiger charge is 2.39. The van der Waals surface area contributed by atoms with Crippen LogP contribution in [-0.2, 0) is 9.53 Å². The number of nitrogens with two attached hydrogens (primary N) is 1. The Morgan fingerprint density at radius 1 is 1.56 bits per heavy atom. The molecular weight excluding hydrogens is 268 g/mol. The van der Waals surface area contributed by atoms with Crippen molar-refractivity contribution in [3.8, 4) is 0 Å². The zero-order valence-electron chi connectivity index (χ0n) is 11.1. The molecule has 2 N–H and O–H groups in total. The fourth-order valence-electron chi connectivity index (χ4n) is 2.04. The fraction of sp³-hybridized carbons (Fsp3) is 0.833. The van der Waals surface area contributed by atoms with E-state index in [-0.39, 0.29) is 10.7 Å². The summed E-state index contributed by atoms with van der Waals surface area (Å²) in [6.07, 6.45) is 2.64. The molecule has 1 aliphatic heterocycles. The monoisotopic (exact) mass is 290 g/mol. The second-order valence-electron chi connectivity index (χ2n) is 4.68. The lowest BCUT2D eigenvalue weighted by Gasteiger charge is -2.31. The molecule has 104 valence electrons. The second kappa shape index (κ2) is 7.31. The molecule has 6 heteroatoms. The van der Waals surface area contributed by atoms with Gasteiger partial charge < -0.3 is 15.4 Å². The molecule has 0 aromatic rings. The van der Waals surface area contributed by atoms with E-state index in [0.29, 0.717) is 31.1 Å². The summed E-state index contributed by atoms with van der Waals surface area (Å²) in [5, 5.41) is 0. The SMILES string of the molecule is COCCN(CCC(N)=S)C(=O)C1(C)CCCS1. The summed E-state index contributed by atoms with van der Waals surface area (Å²) in [6.45, 7) is 3.78. The molecule has 4 nitrogen and oxygen atoms in total. The molecule has 1 rings (SSSR count). The van der Waals surface area contributed by atoms with Gasteiger partial charge in [-0.05, 0) is 25.5 Å². The first kappa shape index (κ1) is 15.7. The summed E-state index contributed by atoms with van der Waals surface area (Å²) in [4.78, 5) is 14.8. The van der Waals surface area contributed by atoms with E-state index in [4.69, 9.17) is 22.7 Å². The normalized spacial score (nSPS) is 23.0. The largest absolute Gasteiger partial charge is 0.393 e. The van der Waals surface area contributed by atoms with Gasteiger partial charge in [-0.1, -0.05) is 12.2 Å². The van der Waals surface area contributed by atoms with Gasteiger partial charge in [0.25, 0.3) is 0 Å². The van der Waals surface area contributed by atoms with Crippen molar-refractivity contribution in [1.29, 1.82) is 0 Å². The first-order valence-electron chi connectivity index (χ1n) is 6.20. The first-order valence-corrected chi connectivity index (χ1v) is 7.59. The summed E-state index contributed by atoms with van der Waals surface area (Å²) >= 11 is 6.63. The van der Waals surface area contributed by atoms with Gasteiger partial charge in [0.1, 0.15) is 0 Å². The van der Waals surface area contributed by atoms with Gasteiger partial charge in [0.15, 0.2) is 0 Å². The number of carbonyl (C=O) groups is 1. The maximum absolute atomic E-state index is 12.6. The molecular formula is C12H22N2O2S2. The third-order valence-corrected chi connectivity index (χ3v) is 4.86. The predicted octanol–water partition coefficient (Wildman–Crippen LogP) is 1.42. The number of nitrogens with zero attached hydrogens (tertiary/aromatic N) is 1. The highest BCUT2D eigenvalue weighted by Crippen LogP contribution is 2.39. The lowest BCUT2D eigenvalue weighted by molar-refractivity contribution is -0.134. The van der Waals surface area contributed by atoms with E-state index in [2.05, 4.69) is 0 Å². The van der Waals surface area contributed by atoms with Gasteiger partial charge >= 0.3 is 0 Å². The molecule has 18 heavy (non-hydrogen) atoms. The van der Waals surface area contributed by atoms with Gasteiger partial charge in [0, 0.05) is 26.6 Å². The summed E-state index contributed by atoms with van der Waals surface area (Å²) < 4.78 is 4.79. The van der Waals surface area contributed by atoms with Gasteiger partial charge in [-0.25, -0.2) is 0 Å². The highest BCUT2D eigenvalue weighted by molar-refractivity contribution is 8.01. The van der Waals surface area contributed by atoms with Crippen molar-refractivity contribution in [1.82, 2.24) is 4.90 Å². The van der Waals surface area contributed by atoms with E-state index in [1.165, 1.54) is 0 Å². The van der Waals surface area contributed by atoms with Crippen LogP contribution in [-0.4, -0.2) is 53.1 Å². The average Bonchev–Trinajstić information content (AvgIpc) is 2.76. The number of thiocarbonyl (C=S) groups is 1. The molecule has 1 amide bonds. The minimum absolute atomic E-state index is 0.193. The molecule has 1 aliphatic rings. The van der Waals surface area contributed by atoms with Crippen LogP contribution in [0.25, 0.3) is 0 Å². The zero-order valence-corrected chi connectivity index (χ0v) is 12.7. The molecule has 1 fully saturated rings. The molecule has 0 aromatic heterocycles. The fourth-order valence-corrected chi connectivity index (χ4v) is 3.42. The van der Waals surface area contributed by atoms with E-state index < -0.39 is 0 Å². The Labute approximate surface area is 119 Å². The number of hydrogen-bond donors (Lipinski definition) is 1. The third kappa shape index (κ3) is 4.40. The maximum atomic E-state index is 12.6. The van der Waals surface area contributed by atoms with Crippen LogP contribution < -0.4 is 5.73 Å². The number of carbonyl (C=O) groups excluding carboxylic acids is 1. The number of ether oxygens (including phenoxy) is 1. The Balaban J connectivity index is 2.62. The van der Waals surface area contributed by atoms with Crippen LogP contribution in [0.4, 0.5) is 0 Å². The van der Waals surface area contributed by atoms with Crippen LogP contribution >= 0.6 is 24.0 Å². The minimum Gasteiger partial charge on any atom is -0.393 e. The van der Waals surface area contributed by atoms with Gasteiger partial charge in [0.05, 0.1) is 16.3 Å². The van der Waals surface area contributed by atoms with Crippen molar-refractivity contribution in [2.45, 2.75) is 30.9 Å². The van der Waals surface area contributed by atoms with E-state index in [1.807, 2.05) is 11.8 Å². The van der Waals surface area contributed by atoms with Crippen LogP contribution in [0.15, 0.2) is 0 Å². The van der Waals surface area contributed by atoms with Crippen molar-refractivity contribution in [3.63, 3.8) is 0 Å². The van der Waals surface area contributed by atoms with Gasteiger partial charge in [-0.3, -0.25) is 4.79 Å².